The predicted octanol–water partition coefficient (Wildman–Crippen LogP) is 2.19. The summed E-state index contributed by atoms with van der Waals surface area (Å²) in [6, 6.07) is 5.62. The molecule has 80 valence electrons. The molecule has 0 aromatic heterocycles. The lowest BCUT2D eigenvalue weighted by Crippen LogP contribution is -2.36. The van der Waals surface area contributed by atoms with Crippen LogP contribution >= 0.6 is 0 Å². The van der Waals surface area contributed by atoms with Gasteiger partial charge in [0, 0.05) is 6.42 Å². The van der Waals surface area contributed by atoms with E-state index in [-0.39, 0.29) is 5.97 Å². The fraction of sp³-hybridized carbons (Fsp3) is 0.417. The standard InChI is InChI=1S/C12H14O3/c1-12(2)7-8-5-4-6-9(14-3)10(8)11(13)15-12/h4-6H,7H2,1-3H3. The number of ether oxygens (including phenoxy) is 2. The van der Waals surface area contributed by atoms with Crippen LogP contribution in [-0.2, 0) is 11.2 Å². The maximum atomic E-state index is 11.8. The normalized spacial score (nSPS) is 17.9. The van der Waals surface area contributed by atoms with E-state index in [1.807, 2.05) is 26.0 Å². The Kier molecular flexibility index (Phi) is 2.18. The Balaban J connectivity index is 2.54. The third kappa shape index (κ3) is 1.69. The van der Waals surface area contributed by atoms with Gasteiger partial charge in [-0.25, -0.2) is 4.79 Å². The summed E-state index contributed by atoms with van der Waals surface area (Å²) in [7, 11) is 1.56. The molecule has 3 nitrogen and oxygen atoms in total. The monoisotopic (exact) mass is 206 g/mol. The average molecular weight is 206 g/mol. The fourth-order valence-corrected chi connectivity index (χ4v) is 1.92. The summed E-state index contributed by atoms with van der Waals surface area (Å²) in [6.45, 7) is 3.82. The van der Waals surface area contributed by atoms with E-state index in [1.54, 1.807) is 13.2 Å². The van der Waals surface area contributed by atoms with Crippen molar-refractivity contribution in [3.63, 3.8) is 0 Å². The lowest BCUT2D eigenvalue weighted by molar-refractivity contribution is -0.00688. The second-order valence-corrected chi connectivity index (χ2v) is 4.32. The first kappa shape index (κ1) is 10.0. The van der Waals surface area contributed by atoms with E-state index in [9.17, 15) is 4.79 Å². The number of fused-ring (bicyclic) bond motifs is 1. The van der Waals surface area contributed by atoms with Crippen LogP contribution < -0.4 is 4.74 Å². The van der Waals surface area contributed by atoms with Crippen LogP contribution in [-0.4, -0.2) is 18.7 Å². The van der Waals surface area contributed by atoms with Crippen molar-refractivity contribution >= 4 is 5.97 Å². The molecule has 0 spiro atoms. The Morgan fingerprint density at radius 2 is 2.13 bits per heavy atom. The summed E-state index contributed by atoms with van der Waals surface area (Å²) in [5, 5.41) is 0. The zero-order valence-corrected chi connectivity index (χ0v) is 9.16. The number of hydrogen-bond donors (Lipinski definition) is 0. The first-order valence-electron chi connectivity index (χ1n) is 4.93. The average Bonchev–Trinajstić information content (AvgIpc) is 2.14. The number of carbonyl (C=O) groups is 1. The Bertz CT molecular complexity index is 407. The molecule has 0 radical (unpaired) electrons. The van der Waals surface area contributed by atoms with Gasteiger partial charge in [0.1, 0.15) is 16.9 Å². The van der Waals surface area contributed by atoms with Crippen molar-refractivity contribution in [2.24, 2.45) is 0 Å². The van der Waals surface area contributed by atoms with Crippen molar-refractivity contribution in [3.05, 3.63) is 29.3 Å². The van der Waals surface area contributed by atoms with Gasteiger partial charge in [-0.3, -0.25) is 0 Å². The van der Waals surface area contributed by atoms with Crippen molar-refractivity contribution < 1.29 is 14.3 Å². The maximum Gasteiger partial charge on any atom is 0.342 e. The Hall–Kier alpha value is -1.51. The number of hydrogen-bond acceptors (Lipinski definition) is 3. The summed E-state index contributed by atoms with van der Waals surface area (Å²) in [6.07, 6.45) is 0.727. The van der Waals surface area contributed by atoms with Crippen LogP contribution in [0.3, 0.4) is 0 Å². The van der Waals surface area contributed by atoms with Gasteiger partial charge in [0.15, 0.2) is 0 Å². The van der Waals surface area contributed by atoms with Gasteiger partial charge in [-0.1, -0.05) is 12.1 Å². The molecular weight excluding hydrogens is 192 g/mol. The second kappa shape index (κ2) is 3.26. The Labute approximate surface area is 89.0 Å². The highest BCUT2D eigenvalue weighted by Gasteiger charge is 2.34. The van der Waals surface area contributed by atoms with Crippen LogP contribution in [0, 0.1) is 0 Å². The lowest BCUT2D eigenvalue weighted by atomic mass is 9.91. The number of carbonyl (C=O) groups excluding carboxylic acids is 1. The van der Waals surface area contributed by atoms with E-state index in [2.05, 4.69) is 0 Å². The molecule has 0 aliphatic carbocycles. The predicted molar refractivity (Wildman–Crippen MR) is 56.2 cm³/mol. The summed E-state index contributed by atoms with van der Waals surface area (Å²) >= 11 is 0. The Morgan fingerprint density at radius 1 is 1.40 bits per heavy atom. The molecular formula is C12H14O3. The van der Waals surface area contributed by atoms with Gasteiger partial charge in [-0.05, 0) is 25.5 Å². The van der Waals surface area contributed by atoms with E-state index in [0.29, 0.717) is 11.3 Å². The molecule has 0 saturated heterocycles. The van der Waals surface area contributed by atoms with Crippen molar-refractivity contribution in [3.8, 4) is 5.75 Å². The van der Waals surface area contributed by atoms with E-state index in [0.717, 1.165) is 12.0 Å². The summed E-state index contributed by atoms with van der Waals surface area (Å²) in [5.74, 6) is 0.298. The molecule has 1 aliphatic heterocycles. The quantitative estimate of drug-likeness (QED) is 0.661. The highest BCUT2D eigenvalue weighted by Crippen LogP contribution is 2.32. The third-order valence-electron chi connectivity index (χ3n) is 2.52. The van der Waals surface area contributed by atoms with Crippen molar-refractivity contribution in [2.45, 2.75) is 25.9 Å². The molecule has 0 atom stereocenters. The van der Waals surface area contributed by atoms with Crippen molar-refractivity contribution in [1.82, 2.24) is 0 Å². The highest BCUT2D eigenvalue weighted by atomic mass is 16.6. The zero-order valence-electron chi connectivity index (χ0n) is 9.16. The number of methoxy groups -OCH3 is 1. The smallest absolute Gasteiger partial charge is 0.342 e. The summed E-state index contributed by atoms with van der Waals surface area (Å²) in [4.78, 5) is 11.8. The topological polar surface area (TPSA) is 35.5 Å². The van der Waals surface area contributed by atoms with Crippen molar-refractivity contribution in [1.29, 1.82) is 0 Å². The largest absolute Gasteiger partial charge is 0.496 e. The van der Waals surface area contributed by atoms with E-state index < -0.39 is 5.60 Å². The lowest BCUT2D eigenvalue weighted by Gasteiger charge is -2.31. The fourth-order valence-electron chi connectivity index (χ4n) is 1.92. The molecule has 1 aromatic carbocycles. The van der Waals surface area contributed by atoms with Crippen LogP contribution in [0.2, 0.25) is 0 Å². The molecule has 0 fully saturated rings. The van der Waals surface area contributed by atoms with Gasteiger partial charge in [0.05, 0.1) is 7.11 Å². The Morgan fingerprint density at radius 3 is 2.80 bits per heavy atom. The SMILES string of the molecule is COc1cccc2c1C(=O)OC(C)(C)C2. The minimum absolute atomic E-state index is 0.293. The molecule has 0 bridgehead atoms. The van der Waals surface area contributed by atoms with Gasteiger partial charge >= 0.3 is 5.97 Å². The number of cyclic esters (lactones) is 1. The molecule has 3 heteroatoms. The third-order valence-corrected chi connectivity index (χ3v) is 2.52. The highest BCUT2D eigenvalue weighted by molar-refractivity contribution is 5.95. The first-order chi connectivity index (χ1) is 7.03. The molecule has 0 saturated carbocycles. The molecule has 1 aliphatic rings. The van der Waals surface area contributed by atoms with Gasteiger partial charge in [0.25, 0.3) is 0 Å². The molecule has 0 N–H and O–H groups in total. The van der Waals surface area contributed by atoms with Gasteiger partial charge < -0.3 is 9.47 Å². The molecule has 2 rings (SSSR count). The molecule has 1 heterocycles. The van der Waals surface area contributed by atoms with Crippen LogP contribution in [0.15, 0.2) is 18.2 Å². The van der Waals surface area contributed by atoms with E-state index in [1.165, 1.54) is 0 Å². The first-order valence-corrected chi connectivity index (χ1v) is 4.93. The maximum absolute atomic E-state index is 11.8. The molecule has 1 aromatic rings. The van der Waals surface area contributed by atoms with E-state index >= 15 is 0 Å². The second-order valence-electron chi connectivity index (χ2n) is 4.32. The van der Waals surface area contributed by atoms with Crippen LogP contribution in [0.1, 0.15) is 29.8 Å². The minimum atomic E-state index is -0.420. The van der Waals surface area contributed by atoms with Crippen LogP contribution in [0.4, 0.5) is 0 Å². The van der Waals surface area contributed by atoms with Crippen LogP contribution in [0.25, 0.3) is 0 Å². The molecule has 0 amide bonds. The number of rotatable bonds is 1. The molecule has 15 heavy (non-hydrogen) atoms. The number of esters is 1. The molecule has 0 unspecified atom stereocenters. The summed E-state index contributed by atoms with van der Waals surface area (Å²) in [5.41, 5.74) is 1.14. The van der Waals surface area contributed by atoms with E-state index in [4.69, 9.17) is 9.47 Å². The minimum Gasteiger partial charge on any atom is -0.496 e. The zero-order chi connectivity index (χ0) is 11.1. The van der Waals surface area contributed by atoms with Gasteiger partial charge in [0.2, 0.25) is 0 Å². The number of benzene rings is 1. The van der Waals surface area contributed by atoms with Gasteiger partial charge in [-0.2, -0.15) is 0 Å². The van der Waals surface area contributed by atoms with Crippen LogP contribution in [0.5, 0.6) is 5.75 Å². The van der Waals surface area contributed by atoms with Gasteiger partial charge in [-0.15, -0.1) is 0 Å². The summed E-state index contributed by atoms with van der Waals surface area (Å²) < 4.78 is 10.5. The van der Waals surface area contributed by atoms with Crippen molar-refractivity contribution in [2.75, 3.05) is 7.11 Å².